The second kappa shape index (κ2) is 6.05. The monoisotopic (exact) mass is 325 g/mol. The van der Waals surface area contributed by atoms with Crippen molar-refractivity contribution in [1.29, 1.82) is 0 Å². The Kier molecular flexibility index (Phi) is 4.09. The minimum Gasteiger partial charge on any atom is -0.394 e. The molecular formula is C13H16FN5O4. The van der Waals surface area contributed by atoms with Gasteiger partial charge >= 0.3 is 5.69 Å². The van der Waals surface area contributed by atoms with E-state index in [-0.39, 0.29) is 12.3 Å². The lowest BCUT2D eigenvalue weighted by Crippen LogP contribution is -2.33. The number of hydrogen-bond acceptors (Lipinski definition) is 6. The maximum atomic E-state index is 12.6. The van der Waals surface area contributed by atoms with Gasteiger partial charge in [-0.3, -0.25) is 14.3 Å². The molecule has 1 saturated heterocycles. The molecular weight excluding hydrogens is 309 g/mol. The van der Waals surface area contributed by atoms with Gasteiger partial charge in [-0.2, -0.15) is 0 Å². The van der Waals surface area contributed by atoms with Crippen molar-refractivity contribution in [3.63, 3.8) is 0 Å². The van der Waals surface area contributed by atoms with Crippen LogP contribution in [0.25, 0.3) is 0 Å². The van der Waals surface area contributed by atoms with E-state index in [4.69, 9.17) is 4.74 Å². The lowest BCUT2D eigenvalue weighted by molar-refractivity contribution is -0.0323. The molecule has 0 saturated carbocycles. The fraction of sp³-hybridized carbons (Fsp3) is 0.538. The minimum absolute atomic E-state index is 0.183. The predicted octanol–water partition coefficient (Wildman–Crippen LogP) is -0.573. The van der Waals surface area contributed by atoms with Gasteiger partial charge in [0.1, 0.15) is 24.7 Å². The average Bonchev–Trinajstić information content (AvgIpc) is 3.16. The Labute approximate surface area is 129 Å². The molecule has 3 heterocycles. The summed E-state index contributed by atoms with van der Waals surface area (Å²) in [6.07, 6.45) is 1.90. The van der Waals surface area contributed by atoms with E-state index in [1.807, 2.05) is 0 Å². The van der Waals surface area contributed by atoms with Crippen molar-refractivity contribution < 1.29 is 14.2 Å². The lowest BCUT2D eigenvalue weighted by Gasteiger charge is -2.15. The first-order chi connectivity index (χ1) is 11.0. The standard InChI is InChI=1S/C13H16FN5O4/c1-7-4-18(13(22)15-12(7)21)11-2-9(10(6-20)23-11)19-5-8(3-14)16-17-19/h4-5,9-11,20H,2-3,6H2,1H3,(H,15,21,22)/t9-,10-,11-/m0/s1. The number of alkyl halides is 1. The topological polar surface area (TPSA) is 115 Å². The zero-order chi connectivity index (χ0) is 16.6. The summed E-state index contributed by atoms with van der Waals surface area (Å²) in [4.78, 5) is 25.6. The van der Waals surface area contributed by atoms with E-state index in [9.17, 15) is 19.1 Å². The summed E-state index contributed by atoms with van der Waals surface area (Å²) in [6.45, 7) is 0.554. The molecule has 0 radical (unpaired) electrons. The fourth-order valence-electron chi connectivity index (χ4n) is 2.67. The Bertz CT molecular complexity index is 813. The molecule has 2 aromatic heterocycles. The average molecular weight is 325 g/mol. The van der Waals surface area contributed by atoms with Crippen molar-refractivity contribution in [3.8, 4) is 0 Å². The van der Waals surface area contributed by atoms with Crippen molar-refractivity contribution in [2.45, 2.75) is 38.4 Å². The number of aliphatic hydroxyl groups excluding tert-OH is 1. The Hall–Kier alpha value is -2.33. The molecule has 23 heavy (non-hydrogen) atoms. The number of aliphatic hydroxyl groups is 1. The van der Waals surface area contributed by atoms with E-state index < -0.39 is 36.3 Å². The van der Waals surface area contributed by atoms with Gasteiger partial charge in [0.05, 0.1) is 18.8 Å². The number of nitrogens with zero attached hydrogens (tertiary/aromatic N) is 4. The third-order valence-electron chi connectivity index (χ3n) is 3.87. The highest BCUT2D eigenvalue weighted by Gasteiger charge is 2.38. The van der Waals surface area contributed by atoms with Gasteiger partial charge in [0.25, 0.3) is 5.56 Å². The number of aromatic nitrogens is 5. The van der Waals surface area contributed by atoms with Crippen LogP contribution in [0.15, 0.2) is 22.0 Å². The number of halogens is 1. The first-order valence-electron chi connectivity index (χ1n) is 7.08. The highest BCUT2D eigenvalue weighted by atomic mass is 19.1. The summed E-state index contributed by atoms with van der Waals surface area (Å²) in [5.74, 6) is 0. The molecule has 0 bridgehead atoms. The number of H-pyrrole nitrogens is 1. The summed E-state index contributed by atoms with van der Waals surface area (Å²) in [5.41, 5.74) is -0.491. The number of hydrogen-bond donors (Lipinski definition) is 2. The molecule has 3 atom stereocenters. The van der Waals surface area contributed by atoms with Crippen molar-refractivity contribution in [2.24, 2.45) is 0 Å². The van der Waals surface area contributed by atoms with E-state index in [1.54, 1.807) is 6.92 Å². The van der Waals surface area contributed by atoms with Crippen LogP contribution < -0.4 is 11.2 Å². The van der Waals surface area contributed by atoms with E-state index in [0.717, 1.165) is 0 Å². The minimum atomic E-state index is -0.737. The molecule has 10 heteroatoms. The molecule has 124 valence electrons. The number of aromatic amines is 1. The molecule has 2 aromatic rings. The van der Waals surface area contributed by atoms with Gasteiger partial charge in [-0.15, -0.1) is 5.10 Å². The number of rotatable bonds is 4. The molecule has 1 aliphatic rings. The van der Waals surface area contributed by atoms with E-state index in [0.29, 0.717) is 12.0 Å². The van der Waals surface area contributed by atoms with Crippen LogP contribution in [0.3, 0.4) is 0 Å². The van der Waals surface area contributed by atoms with Crippen LogP contribution in [0.4, 0.5) is 4.39 Å². The van der Waals surface area contributed by atoms with Crippen molar-refractivity contribution in [2.75, 3.05) is 6.61 Å². The number of aryl methyl sites for hydroxylation is 1. The Balaban J connectivity index is 1.91. The number of ether oxygens (including phenoxy) is 1. The van der Waals surface area contributed by atoms with Crippen LogP contribution in [0.1, 0.15) is 29.9 Å². The van der Waals surface area contributed by atoms with Crippen LogP contribution in [0.2, 0.25) is 0 Å². The molecule has 0 unspecified atom stereocenters. The zero-order valence-corrected chi connectivity index (χ0v) is 12.3. The Morgan fingerprint density at radius 1 is 1.48 bits per heavy atom. The normalized spacial score (nSPS) is 24.2. The number of nitrogens with one attached hydrogen (secondary N) is 1. The summed E-state index contributed by atoms with van der Waals surface area (Å²) < 4.78 is 21.0. The van der Waals surface area contributed by atoms with Gasteiger partial charge in [-0.1, -0.05) is 5.21 Å². The summed E-state index contributed by atoms with van der Waals surface area (Å²) in [7, 11) is 0. The highest BCUT2D eigenvalue weighted by molar-refractivity contribution is 5.02. The SMILES string of the molecule is Cc1cn([C@@H]2C[C@H](n3cc(CF)nn3)[C@H](CO)O2)c(=O)[nH]c1=O. The summed E-state index contributed by atoms with van der Waals surface area (Å²) in [6, 6.07) is -0.392. The van der Waals surface area contributed by atoms with Gasteiger partial charge in [0, 0.05) is 18.2 Å². The molecule has 0 aliphatic carbocycles. The van der Waals surface area contributed by atoms with Gasteiger partial charge in [0.2, 0.25) is 0 Å². The molecule has 1 fully saturated rings. The lowest BCUT2D eigenvalue weighted by atomic mass is 10.1. The van der Waals surface area contributed by atoms with Gasteiger partial charge in [0.15, 0.2) is 0 Å². The first-order valence-corrected chi connectivity index (χ1v) is 7.08. The molecule has 9 nitrogen and oxygen atoms in total. The van der Waals surface area contributed by atoms with Crippen molar-refractivity contribution >= 4 is 0 Å². The zero-order valence-electron chi connectivity index (χ0n) is 12.3. The summed E-state index contributed by atoms with van der Waals surface area (Å²) >= 11 is 0. The van der Waals surface area contributed by atoms with E-state index in [1.165, 1.54) is 21.6 Å². The van der Waals surface area contributed by atoms with Gasteiger partial charge in [-0.25, -0.2) is 13.9 Å². The third kappa shape index (κ3) is 2.82. The highest BCUT2D eigenvalue weighted by Crippen LogP contribution is 2.35. The largest absolute Gasteiger partial charge is 0.394 e. The van der Waals surface area contributed by atoms with E-state index in [2.05, 4.69) is 15.3 Å². The van der Waals surface area contributed by atoms with Gasteiger partial charge < -0.3 is 9.84 Å². The van der Waals surface area contributed by atoms with E-state index >= 15 is 0 Å². The molecule has 0 amide bonds. The van der Waals surface area contributed by atoms with Crippen LogP contribution in [0, 0.1) is 6.92 Å². The third-order valence-corrected chi connectivity index (χ3v) is 3.87. The summed E-state index contributed by atoms with van der Waals surface area (Å²) in [5, 5.41) is 17.0. The second-order valence-electron chi connectivity index (χ2n) is 5.42. The molecule has 3 rings (SSSR count). The molecule has 1 aliphatic heterocycles. The van der Waals surface area contributed by atoms with Crippen molar-refractivity contribution in [1.82, 2.24) is 24.5 Å². The fourth-order valence-corrected chi connectivity index (χ4v) is 2.67. The smallest absolute Gasteiger partial charge is 0.330 e. The van der Waals surface area contributed by atoms with Crippen LogP contribution in [-0.4, -0.2) is 42.4 Å². The van der Waals surface area contributed by atoms with Crippen LogP contribution >= 0.6 is 0 Å². The first kappa shape index (κ1) is 15.6. The Morgan fingerprint density at radius 2 is 2.26 bits per heavy atom. The molecule has 0 aromatic carbocycles. The molecule has 2 N–H and O–H groups in total. The quantitative estimate of drug-likeness (QED) is 0.778. The second-order valence-corrected chi connectivity index (χ2v) is 5.42. The Morgan fingerprint density at radius 3 is 2.91 bits per heavy atom. The molecule has 0 spiro atoms. The predicted molar refractivity (Wildman–Crippen MR) is 75.5 cm³/mol. The van der Waals surface area contributed by atoms with Crippen LogP contribution in [0.5, 0.6) is 0 Å². The van der Waals surface area contributed by atoms with Gasteiger partial charge in [-0.05, 0) is 6.92 Å². The van der Waals surface area contributed by atoms with Crippen molar-refractivity contribution in [3.05, 3.63) is 44.5 Å². The maximum Gasteiger partial charge on any atom is 0.330 e. The maximum absolute atomic E-state index is 12.6. The van der Waals surface area contributed by atoms with Crippen LogP contribution in [-0.2, 0) is 11.4 Å².